The molecule has 3 heteroatoms. The van der Waals surface area contributed by atoms with Crippen molar-refractivity contribution in [2.75, 3.05) is 0 Å². The normalized spacial score (nSPS) is 35.7. The molecule has 102 valence electrons. The Hall–Kier alpha value is -1.12. The van der Waals surface area contributed by atoms with Gasteiger partial charge in [0.1, 0.15) is 5.69 Å². The number of ketones is 1. The summed E-state index contributed by atoms with van der Waals surface area (Å²) in [4.78, 5) is 17.1. The van der Waals surface area contributed by atoms with E-state index in [1.165, 1.54) is 25.7 Å². The maximum Gasteiger partial charge on any atom is 0.181 e. The highest BCUT2D eigenvalue weighted by atomic mass is 16.1. The largest absolute Gasteiger partial charge is 0.325 e. The third-order valence-electron chi connectivity index (χ3n) is 5.48. The van der Waals surface area contributed by atoms with E-state index in [1.807, 2.05) is 6.33 Å². The molecule has 3 atom stereocenters. The van der Waals surface area contributed by atoms with Gasteiger partial charge in [0, 0.05) is 12.5 Å². The molecule has 1 aromatic heterocycles. The Kier molecular flexibility index (Phi) is 2.28. The molecule has 1 aromatic rings. The number of rotatable bonds is 1. The number of hydrogen-bond acceptors (Lipinski definition) is 2. The van der Waals surface area contributed by atoms with E-state index in [0.29, 0.717) is 18.2 Å². The van der Waals surface area contributed by atoms with Gasteiger partial charge in [0.05, 0.1) is 12.0 Å². The van der Waals surface area contributed by atoms with Crippen molar-refractivity contribution in [2.24, 2.45) is 17.3 Å². The first-order valence-electron chi connectivity index (χ1n) is 7.62. The van der Waals surface area contributed by atoms with Crippen molar-refractivity contribution in [3.63, 3.8) is 0 Å². The molecule has 0 spiro atoms. The van der Waals surface area contributed by atoms with Gasteiger partial charge in [0.2, 0.25) is 0 Å². The lowest BCUT2D eigenvalue weighted by Crippen LogP contribution is -2.30. The minimum Gasteiger partial charge on any atom is -0.325 e. The molecule has 0 aromatic carbocycles. The third kappa shape index (κ3) is 1.70. The van der Waals surface area contributed by atoms with Crippen molar-refractivity contribution in [3.8, 4) is 0 Å². The average Bonchev–Trinajstić information content (AvgIpc) is 2.98. The van der Waals surface area contributed by atoms with E-state index >= 15 is 0 Å². The van der Waals surface area contributed by atoms with Gasteiger partial charge in [-0.3, -0.25) is 4.79 Å². The number of nitrogens with zero attached hydrogens (tertiary/aromatic N) is 2. The molecule has 19 heavy (non-hydrogen) atoms. The molecule has 0 radical (unpaired) electrons. The number of carbonyl (C=O) groups excluding carboxylic acids is 1. The van der Waals surface area contributed by atoms with Gasteiger partial charge in [-0.2, -0.15) is 0 Å². The topological polar surface area (TPSA) is 34.9 Å². The molecule has 0 unspecified atom stereocenters. The van der Waals surface area contributed by atoms with Crippen molar-refractivity contribution in [1.82, 2.24) is 9.55 Å². The second-order valence-electron chi connectivity index (χ2n) is 7.63. The summed E-state index contributed by atoms with van der Waals surface area (Å²) in [6, 6.07) is 0.556. The summed E-state index contributed by atoms with van der Waals surface area (Å²) in [5.41, 5.74) is 2.07. The molecular weight excluding hydrogens is 236 g/mol. The van der Waals surface area contributed by atoms with Gasteiger partial charge in [-0.25, -0.2) is 4.98 Å². The number of aromatic nitrogens is 2. The molecule has 3 aliphatic carbocycles. The highest BCUT2D eigenvalue weighted by molar-refractivity contribution is 5.97. The van der Waals surface area contributed by atoms with Gasteiger partial charge < -0.3 is 4.57 Å². The number of imidazole rings is 1. The molecule has 0 aliphatic heterocycles. The second kappa shape index (κ2) is 3.71. The quantitative estimate of drug-likeness (QED) is 0.773. The first kappa shape index (κ1) is 11.7. The summed E-state index contributed by atoms with van der Waals surface area (Å²) in [6.45, 7) is 4.34. The van der Waals surface area contributed by atoms with Crippen LogP contribution < -0.4 is 0 Å². The van der Waals surface area contributed by atoms with Gasteiger partial charge in [0.25, 0.3) is 0 Å². The highest BCUT2D eigenvalue weighted by Crippen LogP contribution is 2.51. The van der Waals surface area contributed by atoms with Crippen molar-refractivity contribution in [2.45, 2.75) is 58.4 Å². The Morgan fingerprint density at radius 1 is 1.26 bits per heavy atom. The van der Waals surface area contributed by atoms with Crippen LogP contribution in [0.25, 0.3) is 0 Å². The number of fused-ring (bicyclic) bond motifs is 3. The van der Waals surface area contributed by atoms with Crippen LogP contribution in [0.5, 0.6) is 0 Å². The molecule has 1 heterocycles. The summed E-state index contributed by atoms with van der Waals surface area (Å²) in [7, 11) is 0. The fourth-order valence-electron chi connectivity index (χ4n) is 4.67. The molecule has 2 saturated carbocycles. The Labute approximate surface area is 114 Å². The Balaban J connectivity index is 1.72. The van der Waals surface area contributed by atoms with Gasteiger partial charge in [-0.1, -0.05) is 20.3 Å². The van der Waals surface area contributed by atoms with E-state index in [2.05, 4.69) is 23.4 Å². The van der Waals surface area contributed by atoms with E-state index in [1.54, 1.807) is 0 Å². The zero-order valence-electron chi connectivity index (χ0n) is 11.9. The molecule has 4 rings (SSSR count). The van der Waals surface area contributed by atoms with Crippen LogP contribution in [0.1, 0.15) is 68.2 Å². The third-order valence-corrected chi connectivity index (χ3v) is 5.48. The van der Waals surface area contributed by atoms with E-state index < -0.39 is 0 Å². The first-order chi connectivity index (χ1) is 9.03. The van der Waals surface area contributed by atoms with Crippen molar-refractivity contribution < 1.29 is 4.79 Å². The zero-order valence-corrected chi connectivity index (χ0v) is 11.9. The minimum absolute atomic E-state index is 0.0813. The standard InChI is InChI=1S/C16H22N2O/c1-16(2)7-12-15(14(19)8-16)18(9-17-12)13-6-10-3-4-11(13)5-10/h9-11,13H,3-8H2,1-2H3/t10-,11+,13+/m1/s1. The SMILES string of the molecule is CC1(C)CC(=O)c2c(ncn2[C@H]2C[C@@H]3CC[C@H]2C3)C1. The molecule has 3 nitrogen and oxygen atoms in total. The molecule has 0 N–H and O–H groups in total. The first-order valence-corrected chi connectivity index (χ1v) is 7.62. The van der Waals surface area contributed by atoms with Crippen molar-refractivity contribution in [1.29, 1.82) is 0 Å². The van der Waals surface area contributed by atoms with Crippen molar-refractivity contribution >= 4 is 5.78 Å². The summed E-state index contributed by atoms with van der Waals surface area (Å²) in [6.07, 6.45) is 8.96. The smallest absolute Gasteiger partial charge is 0.181 e. The van der Waals surface area contributed by atoms with E-state index in [0.717, 1.165) is 29.6 Å². The predicted molar refractivity (Wildman–Crippen MR) is 73.1 cm³/mol. The van der Waals surface area contributed by atoms with Crippen LogP contribution in [-0.4, -0.2) is 15.3 Å². The van der Waals surface area contributed by atoms with Crippen LogP contribution in [0, 0.1) is 17.3 Å². The molecule has 2 fully saturated rings. The van der Waals surface area contributed by atoms with Gasteiger partial charge in [-0.05, 0) is 42.9 Å². The van der Waals surface area contributed by atoms with Crippen LogP contribution in [0.2, 0.25) is 0 Å². The minimum atomic E-state index is 0.0813. The van der Waals surface area contributed by atoms with Gasteiger partial charge in [0.15, 0.2) is 5.78 Å². The van der Waals surface area contributed by atoms with Crippen LogP contribution in [0.4, 0.5) is 0 Å². The van der Waals surface area contributed by atoms with E-state index in [-0.39, 0.29) is 5.41 Å². The zero-order chi connectivity index (χ0) is 13.2. The summed E-state index contributed by atoms with van der Waals surface area (Å²) < 4.78 is 2.25. The molecule has 0 amide bonds. The molecule has 2 bridgehead atoms. The van der Waals surface area contributed by atoms with Crippen LogP contribution >= 0.6 is 0 Å². The lowest BCUT2D eigenvalue weighted by atomic mass is 9.77. The van der Waals surface area contributed by atoms with Crippen LogP contribution in [-0.2, 0) is 6.42 Å². The maximum absolute atomic E-state index is 12.5. The lowest BCUT2D eigenvalue weighted by Gasteiger charge is -2.30. The predicted octanol–water partition coefficient (Wildman–Crippen LogP) is 3.40. The Bertz CT molecular complexity index is 543. The fraction of sp³-hybridized carbons (Fsp3) is 0.750. The number of Topliss-reactive ketones (excluding diaryl/α,β-unsaturated/α-hetero) is 1. The number of carbonyl (C=O) groups is 1. The maximum atomic E-state index is 12.5. The monoisotopic (exact) mass is 258 g/mol. The molecule has 0 saturated heterocycles. The van der Waals surface area contributed by atoms with Crippen molar-refractivity contribution in [3.05, 3.63) is 17.7 Å². The van der Waals surface area contributed by atoms with E-state index in [9.17, 15) is 4.79 Å². The summed E-state index contributed by atoms with van der Waals surface area (Å²) in [5, 5.41) is 0. The molecule has 3 aliphatic rings. The Morgan fingerprint density at radius 2 is 2.11 bits per heavy atom. The van der Waals surface area contributed by atoms with Gasteiger partial charge in [-0.15, -0.1) is 0 Å². The average molecular weight is 258 g/mol. The number of hydrogen-bond donors (Lipinski definition) is 0. The molecular formula is C16H22N2O. The summed E-state index contributed by atoms with van der Waals surface area (Å²) in [5.74, 6) is 2.01. The highest BCUT2D eigenvalue weighted by Gasteiger charge is 2.43. The second-order valence-corrected chi connectivity index (χ2v) is 7.63. The van der Waals surface area contributed by atoms with Gasteiger partial charge >= 0.3 is 0 Å². The van der Waals surface area contributed by atoms with Crippen LogP contribution in [0.3, 0.4) is 0 Å². The van der Waals surface area contributed by atoms with Crippen LogP contribution in [0.15, 0.2) is 6.33 Å². The van der Waals surface area contributed by atoms with E-state index in [4.69, 9.17) is 0 Å². The fourth-order valence-corrected chi connectivity index (χ4v) is 4.67. The summed E-state index contributed by atoms with van der Waals surface area (Å²) >= 11 is 0. The lowest BCUT2D eigenvalue weighted by molar-refractivity contribution is 0.0896. The Morgan fingerprint density at radius 3 is 2.79 bits per heavy atom.